The van der Waals surface area contributed by atoms with Crippen LogP contribution in [0.5, 0.6) is 0 Å². The summed E-state index contributed by atoms with van der Waals surface area (Å²) < 4.78 is 6.41. The van der Waals surface area contributed by atoms with Crippen LogP contribution in [0, 0.1) is 0 Å². The van der Waals surface area contributed by atoms with E-state index in [9.17, 15) is 9.90 Å². The van der Waals surface area contributed by atoms with E-state index in [4.69, 9.17) is 15.6 Å². The average Bonchev–Trinajstić information content (AvgIpc) is 2.59. The lowest BCUT2D eigenvalue weighted by Crippen LogP contribution is -2.28. The average molecular weight is 228 g/mol. The van der Waals surface area contributed by atoms with Gasteiger partial charge in [0.1, 0.15) is 18.7 Å². The van der Waals surface area contributed by atoms with Gasteiger partial charge in [0.15, 0.2) is 0 Å². The zero-order valence-corrected chi connectivity index (χ0v) is 8.35. The smallest absolute Gasteiger partial charge is 0.354 e. The first-order valence-electron chi connectivity index (χ1n) is 4.77. The van der Waals surface area contributed by atoms with Crippen molar-refractivity contribution in [3.05, 3.63) is 16.8 Å². The molecule has 1 aromatic heterocycles. The quantitative estimate of drug-likeness (QED) is 0.527. The van der Waals surface area contributed by atoms with Crippen LogP contribution in [0.3, 0.4) is 0 Å². The van der Waals surface area contributed by atoms with Gasteiger partial charge in [0, 0.05) is 6.42 Å². The topological polar surface area (TPSA) is 123 Å². The third kappa shape index (κ3) is 1.90. The van der Waals surface area contributed by atoms with Crippen LogP contribution in [0.2, 0.25) is 0 Å². The van der Waals surface area contributed by atoms with E-state index in [-0.39, 0.29) is 19.0 Å². The largest absolute Gasteiger partial charge is 0.394 e. The van der Waals surface area contributed by atoms with Gasteiger partial charge >= 0.3 is 5.69 Å². The number of hydrogen-bond acceptors (Lipinski definition) is 7. The number of nitrogens with two attached hydrogens (primary N) is 1. The Hall–Kier alpha value is -1.51. The number of ether oxygens (including phenoxy) is 1. The molecule has 0 aromatic carbocycles. The monoisotopic (exact) mass is 228 g/mol. The van der Waals surface area contributed by atoms with Gasteiger partial charge in [0.25, 0.3) is 0 Å². The fraction of sp³-hybridized carbons (Fsp3) is 0.625. The third-order valence-corrected chi connectivity index (χ3v) is 2.44. The molecule has 1 aliphatic rings. The Morgan fingerprint density at radius 2 is 2.44 bits per heavy atom. The maximum absolute atomic E-state index is 11.4. The molecule has 88 valence electrons. The first kappa shape index (κ1) is 11.0. The summed E-state index contributed by atoms with van der Waals surface area (Å²) in [5.74, 6) is -0.112. The van der Waals surface area contributed by atoms with Gasteiger partial charge in [-0.2, -0.15) is 4.98 Å². The van der Waals surface area contributed by atoms with Crippen LogP contribution >= 0.6 is 0 Å². The molecular formula is C8H12N4O4. The Balaban J connectivity index is 2.23. The van der Waals surface area contributed by atoms with Crippen molar-refractivity contribution < 1.29 is 14.9 Å². The second-order valence-electron chi connectivity index (χ2n) is 3.52. The summed E-state index contributed by atoms with van der Waals surface area (Å²) in [6.45, 7) is -0.303. The molecule has 1 unspecified atom stereocenters. The van der Waals surface area contributed by atoms with E-state index in [0.29, 0.717) is 0 Å². The Labute approximate surface area is 90.3 Å². The van der Waals surface area contributed by atoms with Gasteiger partial charge in [-0.25, -0.2) is 9.78 Å². The molecule has 2 heterocycles. The fourth-order valence-electron chi connectivity index (χ4n) is 1.60. The van der Waals surface area contributed by atoms with E-state index in [1.54, 1.807) is 0 Å². The summed E-state index contributed by atoms with van der Waals surface area (Å²) in [7, 11) is 0. The summed E-state index contributed by atoms with van der Waals surface area (Å²) in [4.78, 5) is 18.5. The van der Waals surface area contributed by atoms with Gasteiger partial charge in [0.05, 0.1) is 12.7 Å². The highest BCUT2D eigenvalue weighted by Crippen LogP contribution is 2.26. The lowest BCUT2D eigenvalue weighted by molar-refractivity contribution is -0.0462. The SMILES string of the molecule is Nc1ncn([C@H]2C[C@H](O)C(CO)O2)c(=O)n1. The summed E-state index contributed by atoms with van der Waals surface area (Å²) in [6, 6.07) is 0. The number of aromatic nitrogens is 3. The maximum atomic E-state index is 11.4. The highest BCUT2D eigenvalue weighted by Gasteiger charge is 2.35. The lowest BCUT2D eigenvalue weighted by atomic mass is 10.2. The number of hydrogen-bond donors (Lipinski definition) is 3. The summed E-state index contributed by atoms with van der Waals surface area (Å²) >= 11 is 0. The predicted octanol–water partition coefficient (Wildman–Crippen LogP) is -2.14. The summed E-state index contributed by atoms with van der Waals surface area (Å²) in [6.07, 6.45) is -0.741. The molecule has 16 heavy (non-hydrogen) atoms. The Bertz CT molecular complexity index is 434. The Morgan fingerprint density at radius 1 is 1.69 bits per heavy atom. The molecule has 8 heteroatoms. The number of anilines is 1. The molecule has 0 spiro atoms. The number of nitrogen functional groups attached to an aromatic ring is 1. The van der Waals surface area contributed by atoms with Crippen LogP contribution in [0.15, 0.2) is 11.1 Å². The van der Waals surface area contributed by atoms with Gasteiger partial charge in [-0.05, 0) is 0 Å². The van der Waals surface area contributed by atoms with E-state index >= 15 is 0 Å². The zero-order chi connectivity index (χ0) is 11.7. The van der Waals surface area contributed by atoms with E-state index in [0.717, 1.165) is 4.57 Å². The normalized spacial score (nSPS) is 29.5. The molecule has 8 nitrogen and oxygen atoms in total. The maximum Gasteiger partial charge on any atom is 0.354 e. The summed E-state index contributed by atoms with van der Waals surface area (Å²) in [5, 5.41) is 18.4. The number of rotatable bonds is 2. The molecule has 1 aromatic rings. The van der Waals surface area contributed by atoms with Crippen molar-refractivity contribution in [2.45, 2.75) is 24.9 Å². The second kappa shape index (κ2) is 4.16. The highest BCUT2D eigenvalue weighted by molar-refractivity contribution is 5.09. The van der Waals surface area contributed by atoms with Gasteiger partial charge in [0.2, 0.25) is 5.95 Å². The van der Waals surface area contributed by atoms with Gasteiger partial charge in [-0.3, -0.25) is 4.57 Å². The van der Waals surface area contributed by atoms with Crippen LogP contribution in [0.1, 0.15) is 12.6 Å². The van der Waals surface area contributed by atoms with Crippen LogP contribution in [0.25, 0.3) is 0 Å². The minimum atomic E-state index is -0.806. The van der Waals surface area contributed by atoms with E-state index < -0.39 is 24.1 Å². The Kier molecular flexibility index (Phi) is 2.86. The van der Waals surface area contributed by atoms with Crippen molar-refractivity contribution in [2.24, 2.45) is 0 Å². The molecule has 2 rings (SSSR count). The second-order valence-corrected chi connectivity index (χ2v) is 3.52. The molecule has 0 aliphatic carbocycles. The number of aliphatic hydroxyl groups is 2. The van der Waals surface area contributed by atoms with Crippen molar-refractivity contribution in [1.29, 1.82) is 0 Å². The zero-order valence-electron chi connectivity index (χ0n) is 8.35. The predicted molar refractivity (Wildman–Crippen MR) is 52.3 cm³/mol. The number of nitrogens with zero attached hydrogens (tertiary/aromatic N) is 3. The van der Waals surface area contributed by atoms with Gasteiger partial charge in [-0.15, -0.1) is 0 Å². The van der Waals surface area contributed by atoms with Gasteiger partial charge < -0.3 is 20.7 Å². The lowest BCUT2D eigenvalue weighted by Gasteiger charge is -2.13. The van der Waals surface area contributed by atoms with E-state index in [1.165, 1.54) is 6.33 Å². The summed E-state index contributed by atoms with van der Waals surface area (Å²) in [5.41, 5.74) is 4.65. The molecule has 1 aliphatic heterocycles. The van der Waals surface area contributed by atoms with E-state index in [2.05, 4.69) is 9.97 Å². The standard InChI is InChI=1S/C8H12N4O4/c9-7-10-3-12(8(15)11-7)6-1-4(14)5(2-13)16-6/h3-6,13-14H,1-2H2,(H2,9,11,15)/t4-,5?,6+/m0/s1. The molecule has 0 amide bonds. The van der Waals surface area contributed by atoms with Crippen molar-refractivity contribution in [3.63, 3.8) is 0 Å². The van der Waals surface area contributed by atoms with Crippen molar-refractivity contribution >= 4 is 5.95 Å². The first-order valence-corrected chi connectivity index (χ1v) is 4.77. The fourth-order valence-corrected chi connectivity index (χ4v) is 1.60. The first-order chi connectivity index (χ1) is 7.61. The minimum Gasteiger partial charge on any atom is -0.394 e. The molecule has 0 radical (unpaired) electrons. The van der Waals surface area contributed by atoms with Crippen LogP contribution in [0.4, 0.5) is 5.95 Å². The molecule has 0 saturated carbocycles. The Morgan fingerprint density at radius 3 is 3.00 bits per heavy atom. The van der Waals surface area contributed by atoms with Crippen LogP contribution in [-0.4, -0.2) is 43.6 Å². The minimum absolute atomic E-state index is 0.112. The number of aliphatic hydroxyl groups excluding tert-OH is 2. The van der Waals surface area contributed by atoms with Crippen molar-refractivity contribution in [2.75, 3.05) is 12.3 Å². The highest BCUT2D eigenvalue weighted by atomic mass is 16.5. The van der Waals surface area contributed by atoms with Crippen LogP contribution < -0.4 is 11.4 Å². The molecule has 4 N–H and O–H groups in total. The molecule has 3 atom stereocenters. The molecule has 1 saturated heterocycles. The third-order valence-electron chi connectivity index (χ3n) is 2.44. The molecular weight excluding hydrogens is 216 g/mol. The van der Waals surface area contributed by atoms with E-state index in [1.807, 2.05) is 0 Å². The van der Waals surface area contributed by atoms with Crippen molar-refractivity contribution in [3.8, 4) is 0 Å². The van der Waals surface area contributed by atoms with Gasteiger partial charge in [-0.1, -0.05) is 0 Å². The van der Waals surface area contributed by atoms with Crippen LogP contribution in [-0.2, 0) is 4.74 Å². The molecule has 1 fully saturated rings. The van der Waals surface area contributed by atoms with Crippen molar-refractivity contribution in [1.82, 2.24) is 14.5 Å². The molecule has 0 bridgehead atoms.